The molecule has 0 aliphatic heterocycles. The molecule has 3 heterocycles. The summed E-state index contributed by atoms with van der Waals surface area (Å²) in [5, 5.41) is 16.3. The fourth-order valence-electron chi connectivity index (χ4n) is 4.82. The topological polar surface area (TPSA) is 95.1 Å². The molecule has 2 atom stereocenters. The van der Waals surface area contributed by atoms with E-state index in [4.69, 9.17) is 16.6 Å². The lowest BCUT2D eigenvalue weighted by atomic mass is 10.0. The van der Waals surface area contributed by atoms with Crippen LogP contribution >= 0.6 is 11.6 Å². The van der Waals surface area contributed by atoms with E-state index >= 15 is 0 Å². The highest BCUT2D eigenvalue weighted by molar-refractivity contribution is 6.30. The first-order valence-corrected chi connectivity index (χ1v) is 12.5. The Bertz CT molecular complexity index is 1530. The summed E-state index contributed by atoms with van der Waals surface area (Å²) < 4.78 is 2.10. The number of halogens is 1. The van der Waals surface area contributed by atoms with Crippen molar-refractivity contribution in [3.8, 4) is 6.07 Å². The summed E-state index contributed by atoms with van der Waals surface area (Å²) in [6.45, 7) is 2.46. The normalized spacial score (nSPS) is 18.6. The third kappa shape index (κ3) is 4.65. The van der Waals surface area contributed by atoms with E-state index in [2.05, 4.69) is 50.6 Å². The van der Waals surface area contributed by atoms with E-state index in [9.17, 15) is 10.1 Å². The van der Waals surface area contributed by atoms with E-state index in [0.717, 1.165) is 28.3 Å². The molecule has 180 valence electrons. The molecule has 8 heteroatoms. The number of nitrogens with one attached hydrogen (secondary N) is 2. The Labute approximate surface area is 214 Å². The molecule has 0 bridgehead atoms. The molecule has 0 radical (unpaired) electrons. The second kappa shape index (κ2) is 8.96. The van der Waals surface area contributed by atoms with Crippen molar-refractivity contribution in [1.82, 2.24) is 14.4 Å². The first-order chi connectivity index (χ1) is 17.5. The lowest BCUT2D eigenvalue weighted by Gasteiger charge is -2.10. The first kappa shape index (κ1) is 22.6. The lowest BCUT2D eigenvalue weighted by Crippen LogP contribution is -2.16. The van der Waals surface area contributed by atoms with Gasteiger partial charge in [-0.15, -0.1) is 0 Å². The van der Waals surface area contributed by atoms with Crippen LogP contribution in [0.5, 0.6) is 0 Å². The van der Waals surface area contributed by atoms with Crippen molar-refractivity contribution in [2.75, 3.05) is 10.6 Å². The van der Waals surface area contributed by atoms with Gasteiger partial charge >= 0.3 is 0 Å². The van der Waals surface area contributed by atoms with Crippen LogP contribution in [0.4, 0.5) is 11.5 Å². The van der Waals surface area contributed by atoms with Crippen molar-refractivity contribution in [3.63, 3.8) is 0 Å². The maximum Gasteiger partial charge on any atom is 0.229 e. The minimum Gasteiger partial charge on any atom is -0.379 e. The standard InChI is InChI=1S/C28H25ClN6O/c1-16-8-21(31-13-22-15-35-14-19(17-2-3-17)5-7-27(35)33-22)10-26(32-16)34-28(36)25-11-24(25)23-9-20(29)6-4-18(23)12-30/h4-10,14-15,17,24-25H,2-3,11,13H2,1H3,(H2,31,32,34,36). The Balaban J connectivity index is 1.11. The molecule has 2 aliphatic carbocycles. The molecule has 2 N–H and O–H groups in total. The average Bonchev–Trinajstić information content (AvgIpc) is 3.78. The van der Waals surface area contributed by atoms with Crippen LogP contribution in [0.3, 0.4) is 0 Å². The predicted molar refractivity (Wildman–Crippen MR) is 139 cm³/mol. The van der Waals surface area contributed by atoms with Gasteiger partial charge in [-0.3, -0.25) is 4.79 Å². The SMILES string of the molecule is Cc1cc(NCc2cn3cc(C4CC4)ccc3n2)cc(NC(=O)C2CC2c2cc(Cl)ccc2C#N)n1. The number of imidazole rings is 1. The maximum atomic E-state index is 12.9. The second-order valence-corrected chi connectivity index (χ2v) is 10.2. The summed E-state index contributed by atoms with van der Waals surface area (Å²) in [6.07, 6.45) is 7.48. The van der Waals surface area contributed by atoms with Gasteiger partial charge in [0.1, 0.15) is 11.5 Å². The van der Waals surface area contributed by atoms with Crippen LogP contribution in [0.2, 0.25) is 5.02 Å². The van der Waals surface area contributed by atoms with Crippen LogP contribution in [0.1, 0.15) is 59.2 Å². The van der Waals surface area contributed by atoms with Crippen molar-refractivity contribution in [2.24, 2.45) is 5.92 Å². The number of rotatable bonds is 7. The number of nitriles is 1. The van der Waals surface area contributed by atoms with Crippen LogP contribution in [0.15, 0.2) is 54.9 Å². The molecule has 7 nitrogen and oxygen atoms in total. The quantitative estimate of drug-likeness (QED) is 0.337. The number of hydrogen-bond acceptors (Lipinski definition) is 5. The Hall–Kier alpha value is -3.89. The van der Waals surface area contributed by atoms with Crippen LogP contribution in [0.25, 0.3) is 5.65 Å². The van der Waals surface area contributed by atoms with Gasteiger partial charge < -0.3 is 15.0 Å². The fraction of sp³-hybridized carbons (Fsp3) is 0.286. The Morgan fingerprint density at radius 2 is 2.03 bits per heavy atom. The highest BCUT2D eigenvalue weighted by Crippen LogP contribution is 2.49. The molecule has 2 saturated carbocycles. The number of carbonyl (C=O) groups is 1. The molecule has 0 spiro atoms. The van der Waals surface area contributed by atoms with Crippen LogP contribution in [-0.4, -0.2) is 20.3 Å². The number of anilines is 2. The second-order valence-electron chi connectivity index (χ2n) is 9.75. The lowest BCUT2D eigenvalue weighted by molar-refractivity contribution is -0.117. The molecular formula is C28H25ClN6O. The van der Waals surface area contributed by atoms with Crippen molar-refractivity contribution in [2.45, 2.75) is 44.6 Å². The number of carbonyl (C=O) groups excluding carboxylic acids is 1. The van der Waals surface area contributed by atoms with Gasteiger partial charge in [-0.05, 0) is 79.5 Å². The summed E-state index contributed by atoms with van der Waals surface area (Å²) >= 11 is 6.12. The smallest absolute Gasteiger partial charge is 0.229 e. The van der Waals surface area contributed by atoms with Crippen molar-refractivity contribution < 1.29 is 4.79 Å². The highest BCUT2D eigenvalue weighted by atomic mass is 35.5. The van der Waals surface area contributed by atoms with Crippen molar-refractivity contribution >= 4 is 34.7 Å². The Kier molecular flexibility index (Phi) is 5.62. The molecule has 2 fully saturated rings. The number of aromatic nitrogens is 3. The number of benzene rings is 1. The molecule has 0 saturated heterocycles. The monoisotopic (exact) mass is 496 g/mol. The third-order valence-electron chi connectivity index (χ3n) is 6.91. The Morgan fingerprint density at radius 1 is 1.17 bits per heavy atom. The van der Waals surface area contributed by atoms with Crippen LogP contribution in [-0.2, 0) is 11.3 Å². The van der Waals surface area contributed by atoms with E-state index in [-0.39, 0.29) is 17.7 Å². The minimum atomic E-state index is -0.201. The number of amides is 1. The minimum absolute atomic E-state index is 0.00349. The number of pyridine rings is 2. The summed E-state index contributed by atoms with van der Waals surface area (Å²) in [7, 11) is 0. The van der Waals surface area contributed by atoms with E-state index in [1.807, 2.05) is 19.1 Å². The van der Waals surface area contributed by atoms with E-state index in [1.54, 1.807) is 18.2 Å². The first-order valence-electron chi connectivity index (χ1n) is 12.2. The van der Waals surface area contributed by atoms with Crippen LogP contribution < -0.4 is 10.6 Å². The summed E-state index contributed by atoms with van der Waals surface area (Å²) in [5.74, 6) is 0.907. The van der Waals surface area contributed by atoms with Gasteiger partial charge in [0.2, 0.25) is 5.91 Å². The zero-order chi connectivity index (χ0) is 24.8. The van der Waals surface area contributed by atoms with Gasteiger partial charge in [-0.2, -0.15) is 5.26 Å². The van der Waals surface area contributed by atoms with Gasteiger partial charge in [0.05, 0.1) is 23.9 Å². The molecule has 36 heavy (non-hydrogen) atoms. The van der Waals surface area contributed by atoms with E-state index < -0.39 is 0 Å². The molecule has 6 rings (SSSR count). The summed E-state index contributed by atoms with van der Waals surface area (Å²) in [4.78, 5) is 22.1. The van der Waals surface area contributed by atoms with Crippen LogP contribution in [0, 0.1) is 24.2 Å². The predicted octanol–water partition coefficient (Wildman–Crippen LogP) is 5.79. The zero-order valence-electron chi connectivity index (χ0n) is 19.8. The number of hydrogen-bond donors (Lipinski definition) is 2. The molecule has 4 aromatic rings. The number of fused-ring (bicyclic) bond motifs is 1. The van der Waals surface area contributed by atoms with Gasteiger partial charge in [-0.25, -0.2) is 9.97 Å². The summed E-state index contributed by atoms with van der Waals surface area (Å²) in [6, 6.07) is 15.4. The van der Waals surface area contributed by atoms with Crippen molar-refractivity contribution in [3.05, 3.63) is 88.0 Å². The molecule has 2 aliphatic rings. The fourth-order valence-corrected chi connectivity index (χ4v) is 5.00. The van der Waals surface area contributed by atoms with Gasteiger partial charge in [0.25, 0.3) is 0 Å². The molecule has 1 aromatic carbocycles. The van der Waals surface area contributed by atoms with Gasteiger partial charge in [0, 0.05) is 40.8 Å². The van der Waals surface area contributed by atoms with E-state index in [0.29, 0.717) is 35.3 Å². The third-order valence-corrected chi connectivity index (χ3v) is 7.15. The molecule has 2 unspecified atom stereocenters. The van der Waals surface area contributed by atoms with E-state index in [1.165, 1.54) is 18.4 Å². The largest absolute Gasteiger partial charge is 0.379 e. The molecular weight excluding hydrogens is 472 g/mol. The van der Waals surface area contributed by atoms with Gasteiger partial charge in [-0.1, -0.05) is 17.7 Å². The number of nitrogens with zero attached hydrogens (tertiary/aromatic N) is 4. The van der Waals surface area contributed by atoms with Gasteiger partial charge in [0.15, 0.2) is 0 Å². The van der Waals surface area contributed by atoms with Crippen molar-refractivity contribution in [1.29, 1.82) is 5.26 Å². The highest BCUT2D eigenvalue weighted by Gasteiger charge is 2.45. The maximum absolute atomic E-state index is 12.9. The average molecular weight is 497 g/mol. The summed E-state index contributed by atoms with van der Waals surface area (Å²) in [5.41, 5.74) is 6.32. The Morgan fingerprint density at radius 3 is 2.83 bits per heavy atom. The molecule has 3 aromatic heterocycles. The number of aryl methyl sites for hydroxylation is 1. The zero-order valence-corrected chi connectivity index (χ0v) is 20.6. The molecule has 1 amide bonds.